The molecule has 0 heterocycles. The molecular formula is C13H14F2O. The second-order valence-electron chi connectivity index (χ2n) is 4.43. The smallest absolute Gasteiger partial charge is 0.159 e. The number of rotatable bonds is 2. The maximum atomic E-state index is 13.0. The van der Waals surface area contributed by atoms with Crippen molar-refractivity contribution in [1.82, 2.24) is 0 Å². The van der Waals surface area contributed by atoms with Gasteiger partial charge < -0.3 is 0 Å². The van der Waals surface area contributed by atoms with Gasteiger partial charge in [0, 0.05) is 12.8 Å². The van der Waals surface area contributed by atoms with E-state index in [-0.39, 0.29) is 0 Å². The lowest BCUT2D eigenvalue weighted by atomic mass is 9.84. The van der Waals surface area contributed by atoms with Crippen molar-refractivity contribution >= 4 is 5.78 Å². The number of hydrogen-bond donors (Lipinski definition) is 0. The summed E-state index contributed by atoms with van der Waals surface area (Å²) in [7, 11) is 0. The molecule has 1 aromatic carbocycles. The van der Waals surface area contributed by atoms with Gasteiger partial charge in [0.25, 0.3) is 0 Å². The lowest BCUT2D eigenvalue weighted by Gasteiger charge is -2.20. The second kappa shape index (κ2) is 4.73. The van der Waals surface area contributed by atoms with E-state index in [9.17, 15) is 13.6 Å². The minimum Gasteiger partial charge on any atom is -0.300 e. The molecule has 1 saturated carbocycles. The molecule has 0 bridgehead atoms. The average Bonchev–Trinajstić information content (AvgIpc) is 2.27. The lowest BCUT2D eigenvalue weighted by molar-refractivity contribution is -0.121. The number of Topliss-reactive ketones (excluding diaryl/α,β-unsaturated/α-hetero) is 1. The highest BCUT2D eigenvalue weighted by Gasteiger charge is 2.19. The third-order valence-corrected chi connectivity index (χ3v) is 3.17. The Balaban J connectivity index is 1.98. The van der Waals surface area contributed by atoms with Crippen LogP contribution in [0.15, 0.2) is 18.2 Å². The maximum Gasteiger partial charge on any atom is 0.159 e. The van der Waals surface area contributed by atoms with Gasteiger partial charge in [-0.2, -0.15) is 0 Å². The predicted octanol–water partition coefficient (Wildman–Crippen LogP) is 3.27. The number of ketones is 1. The van der Waals surface area contributed by atoms with Crippen LogP contribution in [-0.2, 0) is 11.2 Å². The van der Waals surface area contributed by atoms with Gasteiger partial charge in [-0.05, 0) is 42.9 Å². The molecule has 0 aromatic heterocycles. The van der Waals surface area contributed by atoms with Crippen molar-refractivity contribution in [2.24, 2.45) is 5.92 Å². The summed E-state index contributed by atoms with van der Waals surface area (Å²) < 4.78 is 25.7. The van der Waals surface area contributed by atoms with E-state index >= 15 is 0 Å². The Hall–Kier alpha value is -1.25. The molecule has 1 nitrogen and oxygen atoms in total. The van der Waals surface area contributed by atoms with E-state index < -0.39 is 11.6 Å². The Labute approximate surface area is 93.5 Å². The summed E-state index contributed by atoms with van der Waals surface area (Å²) in [4.78, 5) is 11.1. The summed E-state index contributed by atoms with van der Waals surface area (Å²) >= 11 is 0. The van der Waals surface area contributed by atoms with Gasteiger partial charge in [-0.25, -0.2) is 8.78 Å². The van der Waals surface area contributed by atoms with Crippen LogP contribution < -0.4 is 0 Å². The summed E-state index contributed by atoms with van der Waals surface area (Å²) in [5.74, 6) is -0.837. The number of carbonyl (C=O) groups excluding carboxylic acids is 1. The van der Waals surface area contributed by atoms with Crippen LogP contribution in [-0.4, -0.2) is 5.78 Å². The van der Waals surface area contributed by atoms with Gasteiger partial charge in [-0.3, -0.25) is 4.79 Å². The molecule has 1 aliphatic carbocycles. The van der Waals surface area contributed by atoms with Crippen molar-refractivity contribution in [3.63, 3.8) is 0 Å². The van der Waals surface area contributed by atoms with Gasteiger partial charge in [-0.1, -0.05) is 6.07 Å². The third kappa shape index (κ3) is 2.65. The zero-order chi connectivity index (χ0) is 11.5. The van der Waals surface area contributed by atoms with Crippen molar-refractivity contribution in [3.05, 3.63) is 35.4 Å². The number of carbonyl (C=O) groups is 1. The standard InChI is InChI=1S/C13H14F2O/c14-12-6-3-10(8-13(12)15)7-9-1-4-11(16)5-2-9/h3,6,8-9H,1-2,4-5,7H2. The van der Waals surface area contributed by atoms with Gasteiger partial charge >= 0.3 is 0 Å². The fraction of sp³-hybridized carbons (Fsp3) is 0.462. The van der Waals surface area contributed by atoms with E-state index in [1.54, 1.807) is 6.07 Å². The molecular weight excluding hydrogens is 210 g/mol. The van der Waals surface area contributed by atoms with E-state index in [2.05, 4.69) is 0 Å². The predicted molar refractivity (Wildman–Crippen MR) is 57.0 cm³/mol. The minimum absolute atomic E-state index is 0.321. The molecule has 0 unspecified atom stereocenters. The quantitative estimate of drug-likeness (QED) is 0.753. The summed E-state index contributed by atoms with van der Waals surface area (Å²) in [6, 6.07) is 4.04. The van der Waals surface area contributed by atoms with E-state index in [4.69, 9.17) is 0 Å². The molecule has 0 N–H and O–H groups in total. The first kappa shape index (κ1) is 11.2. The Bertz CT molecular complexity index is 391. The van der Waals surface area contributed by atoms with Crippen LogP contribution in [0.2, 0.25) is 0 Å². The van der Waals surface area contributed by atoms with Gasteiger partial charge in [-0.15, -0.1) is 0 Å². The molecule has 1 aliphatic rings. The SMILES string of the molecule is O=C1CCC(Cc2ccc(F)c(F)c2)CC1. The van der Waals surface area contributed by atoms with Gasteiger partial charge in [0.1, 0.15) is 5.78 Å². The fourth-order valence-corrected chi connectivity index (χ4v) is 2.20. The topological polar surface area (TPSA) is 17.1 Å². The highest BCUT2D eigenvalue weighted by atomic mass is 19.2. The lowest BCUT2D eigenvalue weighted by Crippen LogP contribution is -2.15. The van der Waals surface area contributed by atoms with Crippen LogP contribution in [0.5, 0.6) is 0 Å². The highest BCUT2D eigenvalue weighted by Crippen LogP contribution is 2.25. The molecule has 86 valence electrons. The Morgan fingerprint density at radius 2 is 1.81 bits per heavy atom. The highest BCUT2D eigenvalue weighted by molar-refractivity contribution is 5.79. The largest absolute Gasteiger partial charge is 0.300 e. The molecule has 0 atom stereocenters. The molecule has 1 fully saturated rings. The maximum absolute atomic E-state index is 13.0. The fourth-order valence-electron chi connectivity index (χ4n) is 2.20. The van der Waals surface area contributed by atoms with Crippen LogP contribution in [0.25, 0.3) is 0 Å². The monoisotopic (exact) mass is 224 g/mol. The van der Waals surface area contributed by atoms with Gasteiger partial charge in [0.15, 0.2) is 11.6 Å². The van der Waals surface area contributed by atoms with E-state index in [1.807, 2.05) is 0 Å². The van der Waals surface area contributed by atoms with Gasteiger partial charge in [0.2, 0.25) is 0 Å². The van der Waals surface area contributed by atoms with Crippen LogP contribution in [0, 0.1) is 17.6 Å². The number of hydrogen-bond acceptors (Lipinski definition) is 1. The van der Waals surface area contributed by atoms with Crippen LogP contribution >= 0.6 is 0 Å². The Morgan fingerprint density at radius 3 is 2.44 bits per heavy atom. The van der Waals surface area contributed by atoms with Crippen LogP contribution in [0.1, 0.15) is 31.2 Å². The van der Waals surface area contributed by atoms with Crippen molar-refractivity contribution in [2.45, 2.75) is 32.1 Å². The summed E-state index contributed by atoms with van der Waals surface area (Å²) in [6.45, 7) is 0. The van der Waals surface area contributed by atoms with E-state index in [0.29, 0.717) is 24.5 Å². The molecule has 0 spiro atoms. The third-order valence-electron chi connectivity index (χ3n) is 3.17. The molecule has 0 aliphatic heterocycles. The first-order chi connectivity index (χ1) is 7.65. The van der Waals surface area contributed by atoms with Crippen LogP contribution in [0.4, 0.5) is 8.78 Å². The van der Waals surface area contributed by atoms with Crippen molar-refractivity contribution < 1.29 is 13.6 Å². The Morgan fingerprint density at radius 1 is 1.12 bits per heavy atom. The number of benzene rings is 1. The first-order valence-electron chi connectivity index (χ1n) is 5.61. The van der Waals surface area contributed by atoms with Gasteiger partial charge in [0.05, 0.1) is 0 Å². The van der Waals surface area contributed by atoms with Crippen molar-refractivity contribution in [3.8, 4) is 0 Å². The van der Waals surface area contributed by atoms with E-state index in [1.165, 1.54) is 12.1 Å². The van der Waals surface area contributed by atoms with Crippen molar-refractivity contribution in [2.75, 3.05) is 0 Å². The summed E-state index contributed by atoms with van der Waals surface area (Å²) in [5.41, 5.74) is 0.818. The molecule has 3 heteroatoms. The average molecular weight is 224 g/mol. The molecule has 2 rings (SSSR count). The second-order valence-corrected chi connectivity index (χ2v) is 4.43. The molecule has 16 heavy (non-hydrogen) atoms. The zero-order valence-electron chi connectivity index (χ0n) is 9.01. The number of halogens is 2. The molecule has 0 saturated heterocycles. The zero-order valence-corrected chi connectivity index (χ0v) is 9.01. The molecule has 1 aromatic rings. The summed E-state index contributed by atoms with van der Waals surface area (Å²) in [5, 5.41) is 0. The first-order valence-corrected chi connectivity index (χ1v) is 5.61. The van der Waals surface area contributed by atoms with E-state index in [0.717, 1.165) is 24.8 Å². The molecule has 0 amide bonds. The van der Waals surface area contributed by atoms with Crippen LogP contribution in [0.3, 0.4) is 0 Å². The molecule has 0 radical (unpaired) electrons. The normalized spacial score (nSPS) is 17.8. The minimum atomic E-state index is -0.803. The Kier molecular flexibility index (Phi) is 3.32. The van der Waals surface area contributed by atoms with Crippen molar-refractivity contribution in [1.29, 1.82) is 0 Å². The summed E-state index contributed by atoms with van der Waals surface area (Å²) in [6.07, 6.45) is 3.75.